The van der Waals surface area contributed by atoms with Gasteiger partial charge < -0.3 is 0 Å². The quantitative estimate of drug-likeness (QED) is 0.275. The molecule has 1 saturated carbocycles. The zero-order chi connectivity index (χ0) is 19.3. The first-order valence-corrected chi connectivity index (χ1v) is 10.1. The minimum atomic E-state index is -0.731. The molecule has 0 aliphatic heterocycles. The fourth-order valence-electron chi connectivity index (χ4n) is 3.93. The van der Waals surface area contributed by atoms with Gasteiger partial charge in [0.15, 0.2) is 5.83 Å². The molecule has 0 saturated heterocycles. The Kier molecular flexibility index (Phi) is 9.36. The maximum atomic E-state index is 12.6. The summed E-state index contributed by atoms with van der Waals surface area (Å²) in [5.41, 5.74) is 2.06. The third kappa shape index (κ3) is 8.23. The van der Waals surface area contributed by atoms with Crippen LogP contribution in [0.15, 0.2) is 48.3 Å². The third-order valence-corrected chi connectivity index (χ3v) is 5.60. The van der Waals surface area contributed by atoms with Crippen LogP contribution in [0.5, 0.6) is 0 Å². The van der Waals surface area contributed by atoms with Crippen molar-refractivity contribution in [1.29, 1.82) is 10.5 Å². The van der Waals surface area contributed by atoms with Gasteiger partial charge in [-0.2, -0.15) is 14.9 Å². The van der Waals surface area contributed by atoms with Crippen molar-refractivity contribution in [2.75, 3.05) is 0 Å². The van der Waals surface area contributed by atoms with Crippen LogP contribution < -0.4 is 0 Å². The Balaban J connectivity index is 1.54. The Morgan fingerprint density at radius 3 is 2.30 bits per heavy atom. The number of benzene rings is 1. The van der Waals surface area contributed by atoms with Crippen molar-refractivity contribution in [3.8, 4) is 12.1 Å². The molecule has 1 aromatic carbocycles. The fraction of sp³-hybridized carbons (Fsp3) is 0.500. The van der Waals surface area contributed by atoms with Crippen molar-refractivity contribution in [3.05, 3.63) is 59.4 Å². The van der Waals surface area contributed by atoms with Gasteiger partial charge in [0.2, 0.25) is 0 Å². The highest BCUT2D eigenvalue weighted by Crippen LogP contribution is 2.34. The van der Waals surface area contributed by atoms with E-state index in [1.165, 1.54) is 69.1 Å². The van der Waals surface area contributed by atoms with Crippen molar-refractivity contribution in [2.45, 2.75) is 64.2 Å². The SMILES string of the molecule is N#CC(F)=CC=CCCC1CCC(CCCCc2ccc(C#N)cc2)CC1. The van der Waals surface area contributed by atoms with Crippen LogP contribution in [0.3, 0.4) is 0 Å². The lowest BCUT2D eigenvalue weighted by molar-refractivity contribution is 0.250. The van der Waals surface area contributed by atoms with Crippen molar-refractivity contribution in [2.24, 2.45) is 11.8 Å². The summed E-state index contributed by atoms with van der Waals surface area (Å²) in [6, 6.07) is 11.6. The molecule has 0 unspecified atom stereocenters. The largest absolute Gasteiger partial charge is 0.199 e. The lowest BCUT2D eigenvalue weighted by atomic mass is 9.78. The molecule has 3 heteroatoms. The van der Waals surface area contributed by atoms with Crippen molar-refractivity contribution in [1.82, 2.24) is 0 Å². The van der Waals surface area contributed by atoms with Gasteiger partial charge in [-0.25, -0.2) is 0 Å². The molecule has 0 atom stereocenters. The van der Waals surface area contributed by atoms with Gasteiger partial charge >= 0.3 is 0 Å². The molecular formula is C24H29FN2. The number of halogens is 1. The maximum absolute atomic E-state index is 12.6. The highest BCUT2D eigenvalue weighted by atomic mass is 19.1. The number of rotatable bonds is 9. The van der Waals surface area contributed by atoms with E-state index in [2.05, 4.69) is 18.2 Å². The van der Waals surface area contributed by atoms with E-state index in [4.69, 9.17) is 10.5 Å². The first kappa shape index (κ1) is 20.9. The number of allylic oxidation sites excluding steroid dienone is 4. The van der Waals surface area contributed by atoms with Crippen LogP contribution in [0.25, 0.3) is 0 Å². The second-order valence-electron chi connectivity index (χ2n) is 7.57. The highest BCUT2D eigenvalue weighted by Gasteiger charge is 2.20. The van der Waals surface area contributed by atoms with E-state index < -0.39 is 5.83 Å². The molecular weight excluding hydrogens is 335 g/mol. The van der Waals surface area contributed by atoms with Gasteiger partial charge in [0, 0.05) is 0 Å². The van der Waals surface area contributed by atoms with Gasteiger partial charge in [-0.05, 0) is 61.3 Å². The van der Waals surface area contributed by atoms with Gasteiger partial charge in [0.05, 0.1) is 11.6 Å². The summed E-state index contributed by atoms with van der Waals surface area (Å²) in [5, 5.41) is 17.2. The predicted octanol–water partition coefficient (Wildman–Crippen LogP) is 6.79. The summed E-state index contributed by atoms with van der Waals surface area (Å²) in [6.07, 6.45) is 17.3. The van der Waals surface area contributed by atoms with Crippen molar-refractivity contribution in [3.63, 3.8) is 0 Å². The van der Waals surface area contributed by atoms with Crippen molar-refractivity contribution < 1.29 is 4.39 Å². The predicted molar refractivity (Wildman–Crippen MR) is 107 cm³/mol. The smallest absolute Gasteiger partial charge is 0.195 e. The summed E-state index contributed by atoms with van der Waals surface area (Å²) in [6.45, 7) is 0. The second kappa shape index (κ2) is 12.1. The molecule has 0 amide bonds. The number of nitrogens with zero attached hydrogens (tertiary/aromatic N) is 2. The highest BCUT2D eigenvalue weighted by molar-refractivity contribution is 5.31. The minimum absolute atomic E-state index is 0.731. The van der Waals surface area contributed by atoms with Crippen LogP contribution in [0.2, 0.25) is 0 Å². The molecule has 1 aromatic rings. The van der Waals surface area contributed by atoms with Crippen LogP contribution >= 0.6 is 0 Å². The molecule has 1 aliphatic rings. The summed E-state index contributed by atoms with van der Waals surface area (Å²) in [5.74, 6) is 0.950. The van der Waals surface area contributed by atoms with Gasteiger partial charge in [-0.3, -0.25) is 0 Å². The zero-order valence-electron chi connectivity index (χ0n) is 16.0. The standard InChI is InChI=1S/C24H29FN2/c25-24(19-27)9-3-1-2-6-20-10-12-21(13-11-20)7-4-5-8-22-14-16-23(18-26)17-15-22/h1,3,9,14-17,20-21H,2,4-8,10-13H2. The summed E-state index contributed by atoms with van der Waals surface area (Å²) < 4.78 is 12.6. The van der Waals surface area contributed by atoms with Gasteiger partial charge in [-0.1, -0.05) is 62.8 Å². The molecule has 0 radical (unpaired) electrons. The Morgan fingerprint density at radius 2 is 1.67 bits per heavy atom. The van der Waals surface area contributed by atoms with E-state index in [0.717, 1.165) is 30.2 Å². The second-order valence-corrected chi connectivity index (χ2v) is 7.57. The number of nitriles is 2. The lowest BCUT2D eigenvalue weighted by Crippen LogP contribution is -2.14. The van der Waals surface area contributed by atoms with E-state index in [0.29, 0.717) is 0 Å². The summed E-state index contributed by atoms with van der Waals surface area (Å²) >= 11 is 0. The minimum Gasteiger partial charge on any atom is -0.195 e. The van der Waals surface area contributed by atoms with Gasteiger partial charge in [0.25, 0.3) is 0 Å². The van der Waals surface area contributed by atoms with Gasteiger partial charge in [0.1, 0.15) is 6.07 Å². The maximum Gasteiger partial charge on any atom is 0.199 e. The summed E-state index contributed by atoms with van der Waals surface area (Å²) in [4.78, 5) is 0. The average molecular weight is 365 g/mol. The zero-order valence-corrected chi connectivity index (χ0v) is 16.0. The van der Waals surface area contributed by atoms with E-state index in [1.54, 1.807) is 6.08 Å². The number of hydrogen-bond acceptors (Lipinski definition) is 2. The van der Waals surface area contributed by atoms with Crippen LogP contribution in [0, 0.1) is 34.5 Å². The van der Waals surface area contributed by atoms with Gasteiger partial charge in [-0.15, -0.1) is 0 Å². The topological polar surface area (TPSA) is 47.6 Å². The normalized spacial score (nSPS) is 20.3. The molecule has 0 bridgehead atoms. The fourth-order valence-corrected chi connectivity index (χ4v) is 3.93. The molecule has 0 aromatic heterocycles. The Morgan fingerprint density at radius 1 is 1.00 bits per heavy atom. The molecule has 2 nitrogen and oxygen atoms in total. The first-order valence-electron chi connectivity index (χ1n) is 10.1. The van der Waals surface area contributed by atoms with E-state index in [-0.39, 0.29) is 0 Å². The molecule has 2 rings (SSSR count). The molecule has 1 fully saturated rings. The Hall–Kier alpha value is -2.39. The Labute approximate surface area is 163 Å². The number of unbranched alkanes of at least 4 members (excludes halogenated alkanes) is 1. The monoisotopic (exact) mass is 364 g/mol. The van der Waals surface area contributed by atoms with E-state index in [1.807, 2.05) is 18.2 Å². The van der Waals surface area contributed by atoms with Crippen molar-refractivity contribution >= 4 is 0 Å². The molecule has 142 valence electrons. The van der Waals surface area contributed by atoms with E-state index in [9.17, 15) is 4.39 Å². The molecule has 0 N–H and O–H groups in total. The Bertz CT molecular complexity index is 695. The van der Waals surface area contributed by atoms with Crippen LogP contribution in [0.4, 0.5) is 4.39 Å². The first-order chi connectivity index (χ1) is 13.2. The molecule has 1 aliphatic carbocycles. The number of hydrogen-bond donors (Lipinski definition) is 0. The molecule has 0 heterocycles. The molecule has 27 heavy (non-hydrogen) atoms. The van der Waals surface area contributed by atoms with Crippen LogP contribution in [0.1, 0.15) is 68.9 Å². The third-order valence-electron chi connectivity index (χ3n) is 5.60. The lowest BCUT2D eigenvalue weighted by Gasteiger charge is -2.28. The number of aryl methyl sites for hydroxylation is 1. The summed E-state index contributed by atoms with van der Waals surface area (Å²) in [7, 11) is 0. The van der Waals surface area contributed by atoms with Crippen LogP contribution in [-0.2, 0) is 6.42 Å². The van der Waals surface area contributed by atoms with Crippen LogP contribution in [-0.4, -0.2) is 0 Å². The molecule has 0 spiro atoms. The average Bonchev–Trinajstić information content (AvgIpc) is 2.72. The van der Waals surface area contributed by atoms with E-state index >= 15 is 0 Å².